The van der Waals surface area contributed by atoms with Crippen LogP contribution in [0.25, 0.3) is 11.1 Å². The number of carboxylic acids is 1. The number of hydrogen-bond donors (Lipinski definition) is 2. The van der Waals surface area contributed by atoms with E-state index < -0.39 is 24.5 Å². The third-order valence-corrected chi connectivity index (χ3v) is 5.61. The quantitative estimate of drug-likeness (QED) is 0.573. The van der Waals surface area contributed by atoms with Gasteiger partial charge in [0.2, 0.25) is 0 Å². The molecule has 2 N–H and O–H groups in total. The maximum atomic E-state index is 12.8. The molecule has 2 amide bonds. The van der Waals surface area contributed by atoms with Gasteiger partial charge in [0.1, 0.15) is 13.2 Å². The second-order valence-electron chi connectivity index (χ2n) is 7.73. The second kappa shape index (κ2) is 9.15. The third-order valence-electron chi connectivity index (χ3n) is 5.61. The summed E-state index contributed by atoms with van der Waals surface area (Å²) in [7, 11) is 1.60. The van der Waals surface area contributed by atoms with Crippen LogP contribution in [0.5, 0.6) is 0 Å². The number of nitrogens with zero attached hydrogens (tertiary/aromatic N) is 3. The Balaban J connectivity index is 1.48. The predicted octanol–water partition coefficient (Wildman–Crippen LogP) is 3.33. The van der Waals surface area contributed by atoms with Gasteiger partial charge in [0, 0.05) is 25.7 Å². The van der Waals surface area contributed by atoms with Gasteiger partial charge < -0.3 is 14.7 Å². The number of aryl methyl sites for hydroxylation is 1. The molecular weight excluding hydrogens is 424 g/mol. The smallest absolute Gasteiger partial charge is 0.411 e. The van der Waals surface area contributed by atoms with Gasteiger partial charge in [-0.15, -0.1) is 0 Å². The fourth-order valence-corrected chi connectivity index (χ4v) is 4.12. The molecule has 0 saturated carbocycles. The van der Waals surface area contributed by atoms with Crippen molar-refractivity contribution in [2.24, 2.45) is 7.05 Å². The molecule has 170 valence electrons. The molecule has 0 bridgehead atoms. The zero-order chi connectivity index (χ0) is 23.5. The molecule has 0 aliphatic heterocycles. The molecule has 3 aromatic rings. The standard InChI is InChI=1S/C24H24N4O5/c1-3-28(13-21(29)30)23(31)22-20(12-27(2)26-22)25-24(32)33-14-19-17-10-6-4-8-15(17)16-9-5-7-11-18(16)19/h4-12,19H,3,13-14H2,1-2H3,(H,25,32)(H,29,30). The van der Waals surface area contributed by atoms with Crippen molar-refractivity contribution in [3.05, 3.63) is 71.5 Å². The number of aromatic nitrogens is 2. The maximum absolute atomic E-state index is 12.8. The van der Waals surface area contributed by atoms with Crippen molar-refractivity contribution in [2.45, 2.75) is 12.8 Å². The van der Waals surface area contributed by atoms with E-state index in [4.69, 9.17) is 9.84 Å². The Morgan fingerprint density at radius 1 is 1.09 bits per heavy atom. The van der Waals surface area contributed by atoms with Crippen LogP contribution < -0.4 is 5.32 Å². The Bertz CT molecular complexity index is 1170. The van der Waals surface area contributed by atoms with Crippen LogP contribution in [0, 0.1) is 0 Å². The van der Waals surface area contributed by atoms with Crippen molar-refractivity contribution in [3.8, 4) is 11.1 Å². The number of hydrogen-bond acceptors (Lipinski definition) is 5. The van der Waals surface area contributed by atoms with Crippen LogP contribution in [0.15, 0.2) is 54.7 Å². The largest absolute Gasteiger partial charge is 0.480 e. The molecule has 2 aromatic carbocycles. The summed E-state index contributed by atoms with van der Waals surface area (Å²) in [5, 5.41) is 15.7. The number of carbonyl (C=O) groups excluding carboxylic acids is 2. The Hall–Kier alpha value is -4.14. The minimum Gasteiger partial charge on any atom is -0.480 e. The molecule has 9 heteroatoms. The molecule has 1 aliphatic carbocycles. The van der Waals surface area contributed by atoms with E-state index >= 15 is 0 Å². The van der Waals surface area contributed by atoms with Crippen LogP contribution in [0.1, 0.15) is 34.5 Å². The summed E-state index contributed by atoms with van der Waals surface area (Å²) in [5.74, 6) is -1.81. The van der Waals surface area contributed by atoms with Crippen LogP contribution in [-0.2, 0) is 16.6 Å². The molecule has 0 unspecified atom stereocenters. The number of amides is 2. The zero-order valence-corrected chi connectivity index (χ0v) is 18.3. The van der Waals surface area contributed by atoms with Gasteiger partial charge in [0.25, 0.3) is 5.91 Å². The number of likely N-dealkylation sites (N-methyl/N-ethyl adjacent to an activating group) is 1. The molecular formula is C24H24N4O5. The minimum absolute atomic E-state index is 0.0471. The van der Waals surface area contributed by atoms with Crippen LogP contribution in [0.3, 0.4) is 0 Å². The second-order valence-corrected chi connectivity index (χ2v) is 7.73. The van der Waals surface area contributed by atoms with Crippen LogP contribution in [-0.4, -0.2) is 57.5 Å². The third kappa shape index (κ3) is 4.43. The lowest BCUT2D eigenvalue weighted by Crippen LogP contribution is -2.36. The first-order valence-electron chi connectivity index (χ1n) is 10.6. The van der Waals surface area contributed by atoms with Crippen molar-refractivity contribution in [2.75, 3.05) is 25.0 Å². The van der Waals surface area contributed by atoms with E-state index in [0.29, 0.717) is 0 Å². The molecule has 1 aromatic heterocycles. The van der Waals surface area contributed by atoms with Crippen molar-refractivity contribution in [1.29, 1.82) is 0 Å². The summed E-state index contributed by atoms with van der Waals surface area (Å²) in [6.45, 7) is 1.52. The van der Waals surface area contributed by atoms with Crippen molar-refractivity contribution in [3.63, 3.8) is 0 Å². The molecule has 0 saturated heterocycles. The van der Waals surface area contributed by atoms with E-state index in [1.54, 1.807) is 14.0 Å². The summed E-state index contributed by atoms with van der Waals surface area (Å²) >= 11 is 0. The number of fused-ring (bicyclic) bond motifs is 3. The van der Waals surface area contributed by atoms with Gasteiger partial charge in [0.15, 0.2) is 5.69 Å². The van der Waals surface area contributed by atoms with Gasteiger partial charge in [-0.1, -0.05) is 48.5 Å². The predicted molar refractivity (Wildman–Crippen MR) is 121 cm³/mol. The topological polar surface area (TPSA) is 114 Å². The van der Waals surface area contributed by atoms with Gasteiger partial charge in [0.05, 0.1) is 5.69 Å². The normalized spacial score (nSPS) is 12.1. The van der Waals surface area contributed by atoms with Crippen molar-refractivity contribution in [1.82, 2.24) is 14.7 Å². The van der Waals surface area contributed by atoms with E-state index in [9.17, 15) is 14.4 Å². The highest BCUT2D eigenvalue weighted by atomic mass is 16.5. The van der Waals surface area contributed by atoms with Crippen LogP contribution in [0.2, 0.25) is 0 Å². The maximum Gasteiger partial charge on any atom is 0.411 e. The molecule has 1 heterocycles. The minimum atomic E-state index is -1.13. The number of carbonyl (C=O) groups is 3. The number of rotatable bonds is 7. The molecule has 33 heavy (non-hydrogen) atoms. The number of carboxylic acid groups (broad SMARTS) is 1. The van der Waals surface area contributed by atoms with Gasteiger partial charge in [-0.2, -0.15) is 5.10 Å². The summed E-state index contributed by atoms with van der Waals surface area (Å²) in [6.07, 6.45) is 0.753. The van der Waals surface area contributed by atoms with Gasteiger partial charge in [-0.05, 0) is 29.2 Å². The molecule has 9 nitrogen and oxygen atoms in total. The van der Waals surface area contributed by atoms with Crippen LogP contribution >= 0.6 is 0 Å². The van der Waals surface area contributed by atoms with Gasteiger partial charge >= 0.3 is 12.1 Å². The monoisotopic (exact) mass is 448 g/mol. The lowest BCUT2D eigenvalue weighted by atomic mass is 9.98. The van der Waals surface area contributed by atoms with Gasteiger partial charge in [-0.25, -0.2) is 4.79 Å². The molecule has 4 rings (SSSR count). The Morgan fingerprint density at radius 2 is 1.70 bits per heavy atom. The Kier molecular flexibility index (Phi) is 6.12. The number of ether oxygens (including phenoxy) is 1. The lowest BCUT2D eigenvalue weighted by Gasteiger charge is -2.18. The average Bonchev–Trinajstić information content (AvgIpc) is 3.32. The summed E-state index contributed by atoms with van der Waals surface area (Å²) in [6, 6.07) is 16.1. The van der Waals surface area contributed by atoms with Crippen molar-refractivity contribution < 1.29 is 24.2 Å². The number of benzene rings is 2. The number of anilines is 1. The summed E-state index contributed by atoms with van der Waals surface area (Å²) < 4.78 is 6.91. The Morgan fingerprint density at radius 3 is 2.27 bits per heavy atom. The molecule has 0 fully saturated rings. The van der Waals surface area contributed by atoms with E-state index in [2.05, 4.69) is 22.5 Å². The number of nitrogens with one attached hydrogen (secondary N) is 1. The SMILES string of the molecule is CCN(CC(=O)O)C(=O)c1nn(C)cc1NC(=O)OCC1c2ccccc2-c2ccccc21. The van der Waals surface area contributed by atoms with E-state index in [1.165, 1.54) is 10.9 Å². The number of aliphatic carboxylic acids is 1. The molecule has 0 radical (unpaired) electrons. The van der Waals surface area contributed by atoms with Gasteiger partial charge in [-0.3, -0.25) is 19.6 Å². The molecule has 0 spiro atoms. The van der Waals surface area contributed by atoms with E-state index in [-0.39, 0.29) is 30.5 Å². The first-order chi connectivity index (χ1) is 15.9. The Labute approximate surface area is 190 Å². The fourth-order valence-electron chi connectivity index (χ4n) is 4.12. The first-order valence-corrected chi connectivity index (χ1v) is 10.6. The summed E-state index contributed by atoms with van der Waals surface area (Å²) in [4.78, 5) is 37.6. The molecule has 1 aliphatic rings. The zero-order valence-electron chi connectivity index (χ0n) is 18.3. The summed E-state index contributed by atoms with van der Waals surface area (Å²) in [5.41, 5.74) is 4.55. The van der Waals surface area contributed by atoms with E-state index in [0.717, 1.165) is 27.2 Å². The van der Waals surface area contributed by atoms with Crippen molar-refractivity contribution >= 4 is 23.7 Å². The van der Waals surface area contributed by atoms with E-state index in [1.807, 2.05) is 36.4 Å². The molecule has 0 atom stereocenters. The highest BCUT2D eigenvalue weighted by molar-refractivity contribution is 6.01. The average molecular weight is 448 g/mol. The van der Waals surface area contributed by atoms with Crippen LogP contribution in [0.4, 0.5) is 10.5 Å². The highest BCUT2D eigenvalue weighted by Gasteiger charge is 2.29. The fraction of sp³-hybridized carbons (Fsp3) is 0.250. The first kappa shape index (κ1) is 22.1. The highest BCUT2D eigenvalue weighted by Crippen LogP contribution is 2.44. The lowest BCUT2D eigenvalue weighted by molar-refractivity contribution is -0.137.